The van der Waals surface area contributed by atoms with Crippen LogP contribution in [0.15, 0.2) is 34.8 Å². The molecule has 2 aromatic rings. The van der Waals surface area contributed by atoms with Gasteiger partial charge in [0.1, 0.15) is 11.9 Å². The molecule has 1 unspecified atom stereocenters. The van der Waals surface area contributed by atoms with Crippen LogP contribution in [0.5, 0.6) is 5.75 Å². The number of aliphatic hydroxyl groups excluding tert-OH is 1. The SMILES string of the molecule is Cc1ccc(Br)c(C(O)c2cc(Cl)cc3c2OCC3)c1. The Morgan fingerprint density at radius 2 is 2.05 bits per heavy atom. The van der Waals surface area contributed by atoms with E-state index in [9.17, 15) is 5.11 Å². The Morgan fingerprint density at radius 1 is 1.25 bits per heavy atom. The number of hydrogen-bond acceptors (Lipinski definition) is 2. The van der Waals surface area contributed by atoms with Gasteiger partial charge < -0.3 is 9.84 Å². The third kappa shape index (κ3) is 2.46. The van der Waals surface area contributed by atoms with E-state index in [4.69, 9.17) is 16.3 Å². The molecule has 4 heteroatoms. The van der Waals surface area contributed by atoms with Crippen molar-refractivity contribution in [3.63, 3.8) is 0 Å². The molecule has 0 bridgehead atoms. The maximum absolute atomic E-state index is 10.7. The van der Waals surface area contributed by atoms with Crippen LogP contribution in [-0.2, 0) is 6.42 Å². The highest BCUT2D eigenvalue weighted by atomic mass is 79.9. The van der Waals surface area contributed by atoms with Crippen molar-refractivity contribution in [3.8, 4) is 5.75 Å². The molecular formula is C16H14BrClO2. The summed E-state index contributed by atoms with van der Waals surface area (Å²) in [7, 11) is 0. The van der Waals surface area contributed by atoms with Gasteiger partial charge in [-0.2, -0.15) is 0 Å². The zero-order valence-corrected chi connectivity index (χ0v) is 13.3. The lowest BCUT2D eigenvalue weighted by Crippen LogP contribution is -2.03. The van der Waals surface area contributed by atoms with Crippen molar-refractivity contribution in [2.45, 2.75) is 19.4 Å². The number of aryl methyl sites for hydroxylation is 1. The zero-order chi connectivity index (χ0) is 14.3. The lowest BCUT2D eigenvalue weighted by Gasteiger charge is -2.17. The van der Waals surface area contributed by atoms with Gasteiger partial charge in [0.15, 0.2) is 0 Å². The van der Waals surface area contributed by atoms with Crippen molar-refractivity contribution in [1.82, 2.24) is 0 Å². The molecule has 0 fully saturated rings. The molecule has 1 aliphatic heterocycles. The first kappa shape index (κ1) is 13.9. The van der Waals surface area contributed by atoms with Crippen LogP contribution in [0.4, 0.5) is 0 Å². The van der Waals surface area contributed by atoms with E-state index in [0.29, 0.717) is 11.6 Å². The summed E-state index contributed by atoms with van der Waals surface area (Å²) in [6.07, 6.45) is 0.0831. The van der Waals surface area contributed by atoms with E-state index in [2.05, 4.69) is 15.9 Å². The van der Waals surface area contributed by atoms with Gasteiger partial charge in [-0.05, 0) is 36.2 Å². The van der Waals surface area contributed by atoms with Crippen molar-refractivity contribution in [2.75, 3.05) is 6.61 Å². The maximum atomic E-state index is 10.7. The summed E-state index contributed by atoms with van der Waals surface area (Å²) >= 11 is 9.65. The lowest BCUT2D eigenvalue weighted by atomic mass is 9.97. The zero-order valence-electron chi connectivity index (χ0n) is 11.0. The molecule has 2 aromatic carbocycles. The third-order valence-electron chi connectivity index (χ3n) is 3.52. The van der Waals surface area contributed by atoms with Crippen molar-refractivity contribution < 1.29 is 9.84 Å². The van der Waals surface area contributed by atoms with Gasteiger partial charge in [0.05, 0.1) is 6.61 Å². The van der Waals surface area contributed by atoms with Crippen LogP contribution in [0, 0.1) is 6.92 Å². The van der Waals surface area contributed by atoms with E-state index in [1.54, 1.807) is 6.07 Å². The first-order valence-corrected chi connectivity index (χ1v) is 7.62. The topological polar surface area (TPSA) is 29.5 Å². The minimum atomic E-state index is -0.755. The summed E-state index contributed by atoms with van der Waals surface area (Å²) < 4.78 is 6.54. The van der Waals surface area contributed by atoms with Crippen molar-refractivity contribution in [2.24, 2.45) is 0 Å². The van der Waals surface area contributed by atoms with Crippen LogP contribution in [0.3, 0.4) is 0 Å². The normalized spacial score (nSPS) is 14.8. The first-order chi connectivity index (χ1) is 9.56. The highest BCUT2D eigenvalue weighted by molar-refractivity contribution is 9.10. The second kappa shape index (κ2) is 5.40. The van der Waals surface area contributed by atoms with Crippen molar-refractivity contribution in [3.05, 3.63) is 62.1 Å². The molecule has 0 radical (unpaired) electrons. The highest BCUT2D eigenvalue weighted by Gasteiger charge is 2.24. The van der Waals surface area contributed by atoms with Crippen LogP contribution in [-0.4, -0.2) is 11.7 Å². The fourth-order valence-corrected chi connectivity index (χ4v) is 3.25. The molecule has 1 aliphatic rings. The minimum absolute atomic E-state index is 0.632. The van der Waals surface area contributed by atoms with Crippen LogP contribution in [0.25, 0.3) is 0 Å². The number of ether oxygens (including phenoxy) is 1. The summed E-state index contributed by atoms with van der Waals surface area (Å²) in [5.74, 6) is 0.773. The largest absolute Gasteiger partial charge is 0.493 e. The number of rotatable bonds is 2. The van der Waals surface area contributed by atoms with Crippen LogP contribution in [0.1, 0.15) is 28.4 Å². The molecule has 0 amide bonds. The average molecular weight is 354 g/mol. The molecule has 0 aromatic heterocycles. The van der Waals surface area contributed by atoms with Crippen LogP contribution in [0.2, 0.25) is 5.02 Å². The second-order valence-electron chi connectivity index (χ2n) is 5.01. The van der Waals surface area contributed by atoms with Gasteiger partial charge >= 0.3 is 0 Å². The smallest absolute Gasteiger partial charge is 0.128 e. The molecule has 0 saturated heterocycles. The Morgan fingerprint density at radius 3 is 2.85 bits per heavy atom. The Labute approximate surface area is 131 Å². The molecule has 0 saturated carbocycles. The summed E-state index contributed by atoms with van der Waals surface area (Å²) in [6, 6.07) is 9.60. The summed E-state index contributed by atoms with van der Waals surface area (Å²) in [5.41, 5.74) is 3.72. The van der Waals surface area contributed by atoms with Gasteiger partial charge in [0.25, 0.3) is 0 Å². The van der Waals surface area contributed by atoms with Gasteiger partial charge in [-0.1, -0.05) is 45.2 Å². The lowest BCUT2D eigenvalue weighted by molar-refractivity contribution is 0.213. The summed E-state index contributed by atoms with van der Waals surface area (Å²) in [4.78, 5) is 0. The molecule has 0 spiro atoms. The summed E-state index contributed by atoms with van der Waals surface area (Å²) in [5, 5.41) is 11.3. The van der Waals surface area contributed by atoms with E-state index in [1.165, 1.54) is 0 Å². The number of halogens is 2. The van der Waals surface area contributed by atoms with Gasteiger partial charge in [-0.15, -0.1) is 0 Å². The number of hydrogen-bond donors (Lipinski definition) is 1. The van der Waals surface area contributed by atoms with E-state index < -0.39 is 6.10 Å². The van der Waals surface area contributed by atoms with Gasteiger partial charge in [0.2, 0.25) is 0 Å². The van der Waals surface area contributed by atoms with Gasteiger partial charge in [-0.3, -0.25) is 0 Å². The van der Waals surface area contributed by atoms with E-state index in [1.807, 2.05) is 31.2 Å². The Bertz CT molecular complexity index is 670. The fourth-order valence-electron chi connectivity index (χ4n) is 2.54. The predicted octanol–water partition coefficient (Wildman–Crippen LogP) is 4.43. The molecule has 20 heavy (non-hydrogen) atoms. The van der Waals surface area contributed by atoms with E-state index in [0.717, 1.165) is 38.9 Å². The molecule has 1 heterocycles. The highest BCUT2D eigenvalue weighted by Crippen LogP contribution is 2.40. The van der Waals surface area contributed by atoms with Gasteiger partial charge in [-0.25, -0.2) is 0 Å². The van der Waals surface area contributed by atoms with Gasteiger partial charge in [0, 0.05) is 21.5 Å². The maximum Gasteiger partial charge on any atom is 0.128 e. The number of benzene rings is 2. The van der Waals surface area contributed by atoms with Crippen LogP contribution >= 0.6 is 27.5 Å². The first-order valence-electron chi connectivity index (χ1n) is 6.45. The molecule has 0 aliphatic carbocycles. The fraction of sp³-hybridized carbons (Fsp3) is 0.250. The Balaban J connectivity index is 2.11. The van der Waals surface area contributed by atoms with E-state index >= 15 is 0 Å². The molecule has 1 N–H and O–H groups in total. The number of fused-ring (bicyclic) bond motifs is 1. The van der Waals surface area contributed by atoms with Crippen molar-refractivity contribution in [1.29, 1.82) is 0 Å². The Hall–Kier alpha value is -1.03. The quantitative estimate of drug-likeness (QED) is 0.865. The minimum Gasteiger partial charge on any atom is -0.493 e. The molecule has 2 nitrogen and oxygen atoms in total. The van der Waals surface area contributed by atoms with Crippen molar-refractivity contribution >= 4 is 27.5 Å². The van der Waals surface area contributed by atoms with Crippen LogP contribution < -0.4 is 4.74 Å². The third-order valence-corrected chi connectivity index (χ3v) is 4.46. The molecule has 104 valence electrons. The molecule has 1 atom stereocenters. The molecular weight excluding hydrogens is 340 g/mol. The number of aliphatic hydroxyl groups is 1. The predicted molar refractivity (Wildman–Crippen MR) is 83.6 cm³/mol. The second-order valence-corrected chi connectivity index (χ2v) is 6.30. The standard InChI is InChI=1S/C16H14BrClO2/c1-9-2-3-14(17)12(6-9)15(19)13-8-11(18)7-10-4-5-20-16(10)13/h2-3,6-8,15,19H,4-5H2,1H3. The molecule has 3 rings (SSSR count). The average Bonchev–Trinajstić information content (AvgIpc) is 2.87. The van der Waals surface area contributed by atoms with E-state index in [-0.39, 0.29) is 0 Å². The monoisotopic (exact) mass is 352 g/mol. The summed E-state index contributed by atoms with van der Waals surface area (Å²) in [6.45, 7) is 2.64. The Kier molecular flexibility index (Phi) is 3.76.